The maximum atomic E-state index is 12.9. The van der Waals surface area contributed by atoms with Gasteiger partial charge in [0.1, 0.15) is 5.82 Å². The molecule has 3 rings (SSSR count). The Morgan fingerprint density at radius 3 is 2.58 bits per heavy atom. The highest BCUT2D eigenvalue weighted by Crippen LogP contribution is 2.25. The highest BCUT2D eigenvalue weighted by molar-refractivity contribution is 5.77. The zero-order chi connectivity index (χ0) is 18.4. The summed E-state index contributed by atoms with van der Waals surface area (Å²) < 4.78 is 28.9. The van der Waals surface area contributed by atoms with E-state index in [2.05, 4.69) is 15.5 Å². The van der Waals surface area contributed by atoms with Gasteiger partial charge < -0.3 is 19.2 Å². The van der Waals surface area contributed by atoms with E-state index in [9.17, 15) is 9.18 Å². The number of benzene rings is 2. The summed E-state index contributed by atoms with van der Waals surface area (Å²) in [5.41, 5.74) is 0.594. The molecule has 0 unspecified atom stereocenters. The van der Waals surface area contributed by atoms with Crippen molar-refractivity contribution >= 4 is 5.91 Å². The third kappa shape index (κ3) is 4.35. The predicted molar refractivity (Wildman–Crippen MR) is 90.0 cm³/mol. The lowest BCUT2D eigenvalue weighted by molar-refractivity contribution is -0.123. The second-order valence-corrected chi connectivity index (χ2v) is 5.22. The molecule has 0 saturated heterocycles. The SMILES string of the molecule is COc1ccccc1OCC(=O)NCc1nnc(-c2ccc(F)cc2)o1. The lowest BCUT2D eigenvalue weighted by Gasteiger charge is -2.09. The number of halogens is 1. The Bertz CT molecular complexity index is 880. The summed E-state index contributed by atoms with van der Waals surface area (Å²) in [5, 5.41) is 10.3. The fourth-order valence-electron chi connectivity index (χ4n) is 2.14. The molecular weight excluding hydrogens is 341 g/mol. The molecule has 0 aliphatic carbocycles. The largest absolute Gasteiger partial charge is 0.493 e. The van der Waals surface area contributed by atoms with Gasteiger partial charge in [-0.3, -0.25) is 4.79 Å². The van der Waals surface area contributed by atoms with Crippen LogP contribution in [0.4, 0.5) is 4.39 Å². The minimum atomic E-state index is -0.351. The van der Waals surface area contributed by atoms with Crippen LogP contribution in [0.15, 0.2) is 52.9 Å². The molecule has 1 heterocycles. The van der Waals surface area contributed by atoms with Crippen molar-refractivity contribution in [3.63, 3.8) is 0 Å². The number of hydrogen-bond acceptors (Lipinski definition) is 6. The Morgan fingerprint density at radius 1 is 1.12 bits per heavy atom. The minimum absolute atomic E-state index is 0.0578. The van der Waals surface area contributed by atoms with Crippen molar-refractivity contribution in [1.29, 1.82) is 0 Å². The Kier molecular flexibility index (Phi) is 5.43. The molecule has 26 heavy (non-hydrogen) atoms. The topological polar surface area (TPSA) is 86.5 Å². The number of nitrogens with zero attached hydrogens (tertiary/aromatic N) is 2. The fourth-order valence-corrected chi connectivity index (χ4v) is 2.14. The van der Waals surface area contributed by atoms with Crippen LogP contribution in [0, 0.1) is 5.82 Å². The number of carbonyl (C=O) groups excluding carboxylic acids is 1. The van der Waals surface area contributed by atoms with Crippen LogP contribution in [0.1, 0.15) is 5.89 Å². The van der Waals surface area contributed by atoms with Crippen LogP contribution in [0.5, 0.6) is 11.5 Å². The average Bonchev–Trinajstić information content (AvgIpc) is 3.14. The summed E-state index contributed by atoms with van der Waals surface area (Å²) in [6.45, 7) is -0.123. The van der Waals surface area contributed by atoms with Crippen molar-refractivity contribution in [3.05, 3.63) is 60.2 Å². The van der Waals surface area contributed by atoms with Crippen molar-refractivity contribution in [3.8, 4) is 23.0 Å². The first-order valence-corrected chi connectivity index (χ1v) is 7.76. The molecule has 1 N–H and O–H groups in total. The van der Waals surface area contributed by atoms with E-state index in [1.807, 2.05) is 0 Å². The molecule has 7 nitrogen and oxygen atoms in total. The van der Waals surface area contributed by atoms with Gasteiger partial charge in [-0.05, 0) is 36.4 Å². The van der Waals surface area contributed by atoms with Gasteiger partial charge in [-0.15, -0.1) is 10.2 Å². The van der Waals surface area contributed by atoms with Gasteiger partial charge in [-0.1, -0.05) is 12.1 Å². The van der Waals surface area contributed by atoms with E-state index in [4.69, 9.17) is 13.9 Å². The lowest BCUT2D eigenvalue weighted by Crippen LogP contribution is -2.28. The monoisotopic (exact) mass is 357 g/mol. The summed E-state index contributed by atoms with van der Waals surface area (Å²) in [7, 11) is 1.52. The number of rotatable bonds is 7. The number of para-hydroxylation sites is 2. The van der Waals surface area contributed by atoms with Crippen LogP contribution in [-0.2, 0) is 11.3 Å². The molecule has 0 aliphatic heterocycles. The van der Waals surface area contributed by atoms with E-state index in [1.165, 1.54) is 31.4 Å². The molecule has 0 bridgehead atoms. The number of hydrogen-bond donors (Lipinski definition) is 1. The number of amides is 1. The molecule has 1 aromatic heterocycles. The molecular formula is C18H16FN3O4. The molecule has 134 valence electrons. The highest BCUT2D eigenvalue weighted by atomic mass is 19.1. The maximum absolute atomic E-state index is 12.9. The third-order valence-electron chi connectivity index (χ3n) is 3.42. The van der Waals surface area contributed by atoms with Crippen molar-refractivity contribution < 1.29 is 23.1 Å². The van der Waals surface area contributed by atoms with Crippen LogP contribution in [0.3, 0.4) is 0 Å². The third-order valence-corrected chi connectivity index (χ3v) is 3.42. The van der Waals surface area contributed by atoms with Crippen molar-refractivity contribution in [1.82, 2.24) is 15.5 Å². The average molecular weight is 357 g/mol. The number of carbonyl (C=O) groups is 1. The summed E-state index contributed by atoms with van der Waals surface area (Å²) in [4.78, 5) is 11.9. The smallest absolute Gasteiger partial charge is 0.258 e. The van der Waals surface area contributed by atoms with E-state index >= 15 is 0 Å². The molecule has 3 aromatic rings. The van der Waals surface area contributed by atoms with Crippen LogP contribution < -0.4 is 14.8 Å². The Balaban J connectivity index is 1.51. The first-order chi connectivity index (χ1) is 12.7. The molecule has 2 aromatic carbocycles. The summed E-state index contributed by atoms with van der Waals surface area (Å²) in [6, 6.07) is 12.7. The second kappa shape index (κ2) is 8.11. The van der Waals surface area contributed by atoms with Gasteiger partial charge in [0.15, 0.2) is 18.1 Å². The molecule has 0 radical (unpaired) electrons. The van der Waals surface area contributed by atoms with Crippen LogP contribution in [0.2, 0.25) is 0 Å². The van der Waals surface area contributed by atoms with Crippen molar-refractivity contribution in [2.45, 2.75) is 6.54 Å². The normalized spacial score (nSPS) is 10.4. The number of ether oxygens (including phenoxy) is 2. The number of nitrogens with one attached hydrogen (secondary N) is 1. The molecule has 8 heteroatoms. The molecule has 1 amide bonds. The van der Waals surface area contributed by atoms with E-state index in [0.717, 1.165) is 0 Å². The molecule has 0 fully saturated rings. The van der Waals surface area contributed by atoms with Crippen LogP contribution in [0.25, 0.3) is 11.5 Å². The van der Waals surface area contributed by atoms with Crippen molar-refractivity contribution in [2.75, 3.05) is 13.7 Å². The van der Waals surface area contributed by atoms with Gasteiger partial charge >= 0.3 is 0 Å². The van der Waals surface area contributed by atoms with Gasteiger partial charge in [0.25, 0.3) is 5.91 Å². The first-order valence-electron chi connectivity index (χ1n) is 7.76. The molecule has 0 aliphatic rings. The van der Waals surface area contributed by atoms with Crippen LogP contribution >= 0.6 is 0 Å². The predicted octanol–water partition coefficient (Wildman–Crippen LogP) is 2.58. The van der Waals surface area contributed by atoms with E-state index < -0.39 is 0 Å². The summed E-state index contributed by atoms with van der Waals surface area (Å²) in [6.07, 6.45) is 0. The van der Waals surface area contributed by atoms with Gasteiger partial charge in [-0.2, -0.15) is 0 Å². The van der Waals surface area contributed by atoms with Gasteiger partial charge in [0.05, 0.1) is 13.7 Å². The number of methoxy groups -OCH3 is 1. The van der Waals surface area contributed by atoms with E-state index in [-0.39, 0.29) is 36.7 Å². The first kappa shape index (κ1) is 17.4. The maximum Gasteiger partial charge on any atom is 0.258 e. The molecule has 0 spiro atoms. The quantitative estimate of drug-likeness (QED) is 0.699. The lowest BCUT2D eigenvalue weighted by atomic mass is 10.2. The number of aromatic nitrogens is 2. The Hall–Kier alpha value is -3.42. The molecule has 0 saturated carbocycles. The Morgan fingerprint density at radius 2 is 1.85 bits per heavy atom. The fraction of sp³-hybridized carbons (Fsp3) is 0.167. The van der Waals surface area contributed by atoms with Gasteiger partial charge in [-0.25, -0.2) is 4.39 Å². The van der Waals surface area contributed by atoms with Crippen molar-refractivity contribution in [2.24, 2.45) is 0 Å². The van der Waals surface area contributed by atoms with Gasteiger partial charge in [0, 0.05) is 5.56 Å². The van der Waals surface area contributed by atoms with E-state index in [0.29, 0.717) is 17.1 Å². The summed E-state index contributed by atoms with van der Waals surface area (Å²) >= 11 is 0. The zero-order valence-electron chi connectivity index (χ0n) is 13.9. The Labute approximate surface area is 148 Å². The second-order valence-electron chi connectivity index (χ2n) is 5.22. The minimum Gasteiger partial charge on any atom is -0.493 e. The van der Waals surface area contributed by atoms with Crippen LogP contribution in [-0.4, -0.2) is 29.8 Å². The summed E-state index contributed by atoms with van der Waals surface area (Å²) in [5.74, 6) is 0.797. The van der Waals surface area contributed by atoms with E-state index in [1.54, 1.807) is 24.3 Å². The molecule has 0 atom stereocenters. The highest BCUT2D eigenvalue weighted by Gasteiger charge is 2.11. The van der Waals surface area contributed by atoms with Gasteiger partial charge in [0.2, 0.25) is 11.8 Å². The zero-order valence-corrected chi connectivity index (χ0v) is 13.9. The standard InChI is InChI=1S/C18H16FN3O4/c1-24-14-4-2-3-5-15(14)25-11-16(23)20-10-17-21-22-18(26-17)12-6-8-13(19)9-7-12/h2-9H,10-11H2,1H3,(H,20,23).